The van der Waals surface area contributed by atoms with Crippen molar-refractivity contribution in [2.24, 2.45) is 10.8 Å². The lowest BCUT2D eigenvalue weighted by Gasteiger charge is -2.49. The van der Waals surface area contributed by atoms with Gasteiger partial charge in [0.2, 0.25) is 0 Å². The second kappa shape index (κ2) is 12.4. The highest BCUT2D eigenvalue weighted by atomic mass is 127. The lowest BCUT2D eigenvalue weighted by molar-refractivity contribution is -0.119. The number of allylic oxidation sites excluding steroid dienone is 4. The van der Waals surface area contributed by atoms with Crippen LogP contribution >= 0.6 is 22.6 Å². The summed E-state index contributed by atoms with van der Waals surface area (Å²) in [5.74, 6) is 1.11. The highest BCUT2D eigenvalue weighted by Gasteiger charge is 2.49. The van der Waals surface area contributed by atoms with Crippen molar-refractivity contribution in [3.8, 4) is 11.5 Å². The van der Waals surface area contributed by atoms with Gasteiger partial charge in [-0.2, -0.15) is 0 Å². The van der Waals surface area contributed by atoms with Crippen molar-refractivity contribution < 1.29 is 23.8 Å². The summed E-state index contributed by atoms with van der Waals surface area (Å²) in [6.45, 7) is 12.5. The van der Waals surface area contributed by atoms with E-state index < -0.39 is 5.92 Å². The van der Waals surface area contributed by atoms with Gasteiger partial charge in [0, 0.05) is 61.6 Å². The fourth-order valence-corrected chi connectivity index (χ4v) is 7.69. The van der Waals surface area contributed by atoms with Crippen LogP contribution in [0.4, 0.5) is 0 Å². The molecule has 0 amide bonds. The summed E-state index contributed by atoms with van der Waals surface area (Å²) in [6, 6.07) is 12.3. The molecule has 230 valence electrons. The summed E-state index contributed by atoms with van der Waals surface area (Å²) in [6.07, 6.45) is 3.31. The maximum Gasteiger partial charge on any atom is 0.174 e. The molecule has 2 aromatic carbocycles. The van der Waals surface area contributed by atoms with Crippen molar-refractivity contribution in [2.45, 2.75) is 79.2 Å². The van der Waals surface area contributed by atoms with Gasteiger partial charge in [-0.3, -0.25) is 9.59 Å². The van der Waals surface area contributed by atoms with Gasteiger partial charge in [-0.05, 0) is 82.9 Å². The number of methoxy groups -OCH3 is 2. The Bertz CT molecular complexity index is 1430. The molecule has 0 saturated carbocycles. The molecule has 0 unspecified atom stereocenters. The number of hydrogen-bond donors (Lipinski definition) is 0. The number of carbonyl (C=O) groups is 2. The van der Waals surface area contributed by atoms with Gasteiger partial charge < -0.3 is 19.1 Å². The van der Waals surface area contributed by atoms with Crippen LogP contribution in [0.5, 0.6) is 11.5 Å². The van der Waals surface area contributed by atoms with Crippen LogP contribution in [0.3, 0.4) is 0 Å². The van der Waals surface area contributed by atoms with Crippen molar-refractivity contribution in [1.29, 1.82) is 0 Å². The molecule has 0 bridgehead atoms. The molecule has 2 aromatic rings. The Labute approximate surface area is 270 Å². The molecule has 0 saturated heterocycles. The minimum atomic E-state index is -0.426. The highest BCUT2D eigenvalue weighted by molar-refractivity contribution is 14.1. The maximum atomic E-state index is 14.1. The number of nitrogens with zero attached hydrogens (tertiary/aromatic N) is 1. The van der Waals surface area contributed by atoms with E-state index in [9.17, 15) is 9.59 Å². The summed E-state index contributed by atoms with van der Waals surface area (Å²) in [4.78, 5) is 30.5. The first kappa shape index (κ1) is 31.8. The van der Waals surface area contributed by atoms with Gasteiger partial charge >= 0.3 is 0 Å². The molecule has 0 fully saturated rings. The third-order valence-electron chi connectivity index (χ3n) is 8.84. The minimum absolute atomic E-state index is 0.130. The van der Waals surface area contributed by atoms with Gasteiger partial charge in [0.05, 0.1) is 10.7 Å². The number of ketones is 2. The zero-order chi connectivity index (χ0) is 31.1. The summed E-state index contributed by atoms with van der Waals surface area (Å²) < 4.78 is 18.5. The molecule has 43 heavy (non-hydrogen) atoms. The van der Waals surface area contributed by atoms with E-state index in [0.717, 1.165) is 63.0 Å². The Kier molecular flexibility index (Phi) is 9.15. The van der Waals surface area contributed by atoms with E-state index in [4.69, 9.17) is 14.2 Å². The predicted molar refractivity (Wildman–Crippen MR) is 177 cm³/mol. The molecule has 0 atom stereocenters. The SMILES string of the molecule is COCCCN1C2=C(C(=O)CC(C)(C)C2)C(c2cc(I)c(OCc3ccc(C)cc3)c(OC)c2)C2=C1CC(C)(C)CC2=O. The number of ether oxygens (including phenoxy) is 3. The zero-order valence-corrected chi connectivity index (χ0v) is 28.7. The van der Waals surface area contributed by atoms with E-state index in [1.165, 1.54) is 5.56 Å². The van der Waals surface area contributed by atoms with Crippen LogP contribution in [0.1, 0.15) is 82.4 Å². The van der Waals surface area contributed by atoms with E-state index in [-0.39, 0.29) is 22.4 Å². The molecule has 7 heteroatoms. The van der Waals surface area contributed by atoms with Crippen LogP contribution < -0.4 is 9.47 Å². The monoisotopic (exact) mass is 697 g/mol. The van der Waals surface area contributed by atoms with Crippen molar-refractivity contribution >= 4 is 34.2 Å². The number of Topliss-reactive ketones (excluding diaryl/α,β-unsaturated/α-hetero) is 2. The number of halogens is 1. The number of hydrogen-bond acceptors (Lipinski definition) is 6. The van der Waals surface area contributed by atoms with Gasteiger partial charge in [0.1, 0.15) is 6.61 Å². The Hall–Kier alpha value is -2.65. The molecule has 3 aliphatic rings. The van der Waals surface area contributed by atoms with Crippen LogP contribution in [-0.4, -0.2) is 43.8 Å². The van der Waals surface area contributed by atoms with Gasteiger partial charge in [0.25, 0.3) is 0 Å². The fraction of sp³-hybridized carbons (Fsp3) is 0.500. The number of aryl methyl sites for hydroxylation is 1. The third kappa shape index (κ3) is 6.58. The molecule has 1 heterocycles. The average Bonchev–Trinajstić information content (AvgIpc) is 2.92. The van der Waals surface area contributed by atoms with Gasteiger partial charge in [-0.15, -0.1) is 0 Å². The van der Waals surface area contributed by atoms with Gasteiger partial charge in [-0.1, -0.05) is 57.5 Å². The molecule has 0 radical (unpaired) electrons. The molecule has 0 aromatic heterocycles. The van der Waals surface area contributed by atoms with Crippen LogP contribution in [0.15, 0.2) is 58.9 Å². The molecule has 1 aliphatic heterocycles. The first-order chi connectivity index (χ1) is 20.3. The Morgan fingerprint density at radius 2 is 1.47 bits per heavy atom. The number of benzene rings is 2. The first-order valence-corrected chi connectivity index (χ1v) is 16.3. The quantitative estimate of drug-likeness (QED) is 0.196. The summed E-state index contributed by atoms with van der Waals surface area (Å²) in [5.41, 5.74) is 6.54. The lowest BCUT2D eigenvalue weighted by Crippen LogP contribution is -2.44. The molecule has 0 N–H and O–H groups in total. The van der Waals surface area contributed by atoms with Crippen LogP contribution in [0, 0.1) is 21.3 Å². The molecule has 6 nitrogen and oxygen atoms in total. The van der Waals surface area contributed by atoms with Crippen molar-refractivity contribution in [1.82, 2.24) is 4.90 Å². The molecular weight excluding hydrogens is 653 g/mol. The van der Waals surface area contributed by atoms with Crippen LogP contribution in [0.2, 0.25) is 0 Å². The maximum absolute atomic E-state index is 14.1. The molecule has 5 rings (SSSR count). The minimum Gasteiger partial charge on any atom is -0.493 e. The molecule has 0 spiro atoms. The van der Waals surface area contributed by atoms with Crippen LogP contribution in [0.25, 0.3) is 0 Å². The standard InChI is InChI=1S/C36H44INO5/c1-22-9-11-23(12-10-22)21-43-34-25(37)15-24(16-30(34)42-7)31-32-26(17-35(2,3)19-28(32)39)38(13-8-14-41-6)27-18-36(4,5)20-29(40)33(27)31/h9-12,15-16,31H,8,13-14,17-21H2,1-7H3. The second-order valence-electron chi connectivity index (χ2n) is 13.8. The summed E-state index contributed by atoms with van der Waals surface area (Å²) in [5, 5.41) is 0. The van der Waals surface area contributed by atoms with E-state index in [2.05, 4.69) is 92.4 Å². The largest absolute Gasteiger partial charge is 0.493 e. The van der Waals surface area contributed by atoms with Crippen molar-refractivity contribution in [2.75, 3.05) is 27.4 Å². The van der Waals surface area contributed by atoms with Crippen molar-refractivity contribution in [3.05, 3.63) is 79.2 Å². The summed E-state index contributed by atoms with van der Waals surface area (Å²) in [7, 11) is 3.36. The third-order valence-corrected chi connectivity index (χ3v) is 9.64. The Balaban J connectivity index is 1.64. The van der Waals surface area contributed by atoms with Crippen LogP contribution in [-0.2, 0) is 20.9 Å². The smallest absolute Gasteiger partial charge is 0.174 e. The van der Waals surface area contributed by atoms with E-state index in [1.54, 1.807) is 14.2 Å². The van der Waals surface area contributed by atoms with E-state index >= 15 is 0 Å². The summed E-state index contributed by atoms with van der Waals surface area (Å²) >= 11 is 2.29. The van der Waals surface area contributed by atoms with Gasteiger partial charge in [-0.25, -0.2) is 0 Å². The Morgan fingerprint density at radius 3 is 2.00 bits per heavy atom. The number of rotatable bonds is 9. The van der Waals surface area contributed by atoms with E-state index in [0.29, 0.717) is 37.6 Å². The van der Waals surface area contributed by atoms with Gasteiger partial charge in [0.15, 0.2) is 23.1 Å². The fourth-order valence-electron chi connectivity index (χ4n) is 6.90. The van der Waals surface area contributed by atoms with Crippen molar-refractivity contribution in [3.63, 3.8) is 0 Å². The van der Waals surface area contributed by atoms with E-state index in [1.807, 2.05) is 6.07 Å². The topological polar surface area (TPSA) is 65.1 Å². The molecule has 2 aliphatic carbocycles. The normalized spacial score (nSPS) is 19.9. The first-order valence-electron chi connectivity index (χ1n) is 15.2. The zero-order valence-electron chi connectivity index (χ0n) is 26.6. The lowest BCUT2D eigenvalue weighted by atomic mass is 9.63. The molecular formula is C36H44INO5. The Morgan fingerprint density at radius 1 is 0.884 bits per heavy atom. The second-order valence-corrected chi connectivity index (χ2v) is 15.0. The highest BCUT2D eigenvalue weighted by Crippen LogP contribution is 2.55. The number of carbonyl (C=O) groups excluding carboxylic acids is 2. The predicted octanol–water partition coefficient (Wildman–Crippen LogP) is 7.91. The average molecular weight is 698 g/mol.